The summed E-state index contributed by atoms with van der Waals surface area (Å²) < 4.78 is 46.1. The third-order valence-electron chi connectivity index (χ3n) is 2.91. The van der Waals surface area contributed by atoms with E-state index in [0.717, 1.165) is 6.07 Å². The number of imidazole rings is 1. The molecule has 7 heteroatoms. The number of rotatable bonds is 2. The van der Waals surface area contributed by atoms with Gasteiger partial charge in [0.15, 0.2) is 0 Å². The maximum atomic E-state index is 13.0. The van der Waals surface area contributed by atoms with E-state index in [0.29, 0.717) is 5.65 Å². The lowest BCUT2D eigenvalue weighted by atomic mass is 10.1. The van der Waals surface area contributed by atoms with Gasteiger partial charge in [0.2, 0.25) is 5.88 Å². The Labute approximate surface area is 117 Å². The van der Waals surface area contributed by atoms with Crippen LogP contribution < -0.4 is 10.5 Å². The first kappa shape index (κ1) is 13.3. The van der Waals surface area contributed by atoms with Gasteiger partial charge in [-0.15, -0.1) is 0 Å². The van der Waals surface area contributed by atoms with E-state index in [2.05, 4.69) is 4.98 Å². The van der Waals surface area contributed by atoms with Gasteiger partial charge in [-0.05, 0) is 30.3 Å². The van der Waals surface area contributed by atoms with Crippen LogP contribution in [-0.2, 0) is 6.18 Å². The molecular weight excluding hydrogens is 283 g/mol. The van der Waals surface area contributed by atoms with Crippen LogP contribution >= 0.6 is 0 Å². The molecular formula is C14H10F3N3O. The quantitative estimate of drug-likeness (QED) is 0.732. The zero-order valence-electron chi connectivity index (χ0n) is 10.6. The van der Waals surface area contributed by atoms with E-state index >= 15 is 0 Å². The van der Waals surface area contributed by atoms with Crippen molar-refractivity contribution in [1.29, 1.82) is 0 Å². The monoisotopic (exact) mass is 293 g/mol. The lowest BCUT2D eigenvalue weighted by Crippen LogP contribution is -2.08. The van der Waals surface area contributed by atoms with Crippen LogP contribution in [0.25, 0.3) is 5.65 Å². The fourth-order valence-electron chi connectivity index (χ4n) is 1.98. The lowest BCUT2D eigenvalue weighted by molar-refractivity contribution is -0.138. The second-order valence-corrected chi connectivity index (χ2v) is 4.37. The number of hydrogen-bond acceptors (Lipinski definition) is 3. The Bertz CT molecular complexity index is 796. The Hall–Kier alpha value is -2.70. The highest BCUT2D eigenvalue weighted by Crippen LogP contribution is 2.39. The highest BCUT2D eigenvalue weighted by atomic mass is 19.4. The van der Waals surface area contributed by atoms with E-state index in [1.807, 2.05) is 0 Å². The van der Waals surface area contributed by atoms with Crippen LogP contribution in [0.1, 0.15) is 5.56 Å². The molecule has 0 unspecified atom stereocenters. The number of fused-ring (bicyclic) bond motifs is 1. The zero-order chi connectivity index (χ0) is 15.0. The Morgan fingerprint density at radius 2 is 1.95 bits per heavy atom. The fourth-order valence-corrected chi connectivity index (χ4v) is 1.98. The number of anilines is 1. The van der Waals surface area contributed by atoms with Crippen molar-refractivity contribution in [3.05, 3.63) is 54.4 Å². The van der Waals surface area contributed by atoms with Crippen molar-refractivity contribution in [3.63, 3.8) is 0 Å². The van der Waals surface area contributed by atoms with Crippen LogP contribution in [0.15, 0.2) is 48.8 Å². The largest absolute Gasteiger partial charge is 0.440 e. The van der Waals surface area contributed by atoms with E-state index < -0.39 is 11.7 Å². The Balaban J connectivity index is 2.08. The molecule has 0 aliphatic rings. The van der Waals surface area contributed by atoms with Gasteiger partial charge in [-0.2, -0.15) is 13.2 Å². The molecule has 0 saturated heterocycles. The summed E-state index contributed by atoms with van der Waals surface area (Å²) in [5.74, 6) is -0.0711. The fraction of sp³-hybridized carbons (Fsp3) is 0.0714. The number of alkyl halides is 3. The molecule has 0 spiro atoms. The molecule has 0 amide bonds. The highest BCUT2D eigenvalue weighted by Gasteiger charge is 2.35. The maximum absolute atomic E-state index is 13.0. The van der Waals surface area contributed by atoms with Crippen molar-refractivity contribution in [3.8, 4) is 11.6 Å². The molecule has 0 radical (unpaired) electrons. The van der Waals surface area contributed by atoms with Gasteiger partial charge >= 0.3 is 6.18 Å². The Kier molecular flexibility index (Phi) is 2.97. The molecule has 2 N–H and O–H groups in total. The minimum absolute atomic E-state index is 0.0236. The number of aromatic nitrogens is 2. The number of nitrogens with zero attached hydrogens (tertiary/aromatic N) is 2. The summed E-state index contributed by atoms with van der Waals surface area (Å²) in [7, 11) is 0. The van der Waals surface area contributed by atoms with Gasteiger partial charge in [0.25, 0.3) is 0 Å². The van der Waals surface area contributed by atoms with Crippen molar-refractivity contribution in [2.24, 2.45) is 0 Å². The number of halogens is 3. The standard InChI is InChI=1S/C14H10F3N3O/c15-14(16,17)10-8-9(18)4-5-11(10)21-13-3-1-2-12-19-6-7-20(12)13/h1-8H,18H2. The number of hydrogen-bond donors (Lipinski definition) is 1. The first-order valence-corrected chi connectivity index (χ1v) is 6.02. The Morgan fingerprint density at radius 3 is 2.71 bits per heavy atom. The minimum atomic E-state index is -4.55. The summed E-state index contributed by atoms with van der Waals surface area (Å²) in [5.41, 5.74) is 5.11. The summed E-state index contributed by atoms with van der Waals surface area (Å²) >= 11 is 0. The first-order valence-electron chi connectivity index (χ1n) is 6.02. The van der Waals surface area contributed by atoms with Gasteiger partial charge in [0, 0.05) is 18.1 Å². The van der Waals surface area contributed by atoms with E-state index in [1.165, 1.54) is 18.3 Å². The third-order valence-corrected chi connectivity index (χ3v) is 2.91. The second kappa shape index (κ2) is 4.69. The van der Waals surface area contributed by atoms with E-state index in [4.69, 9.17) is 10.5 Å². The smallest absolute Gasteiger partial charge is 0.420 e. The summed E-state index contributed by atoms with van der Waals surface area (Å²) in [6.07, 6.45) is -1.40. The van der Waals surface area contributed by atoms with Crippen LogP contribution in [0.4, 0.5) is 18.9 Å². The van der Waals surface area contributed by atoms with Gasteiger partial charge in [0.1, 0.15) is 17.0 Å². The minimum Gasteiger partial charge on any atom is -0.440 e. The summed E-state index contributed by atoms with van der Waals surface area (Å²) in [5, 5.41) is 0. The summed E-state index contributed by atoms with van der Waals surface area (Å²) in [6.45, 7) is 0. The molecule has 1 aromatic carbocycles. The van der Waals surface area contributed by atoms with Crippen molar-refractivity contribution in [2.75, 3.05) is 5.73 Å². The molecule has 0 aliphatic heterocycles. The molecule has 21 heavy (non-hydrogen) atoms. The SMILES string of the molecule is Nc1ccc(Oc2cccc3nccn23)c(C(F)(F)F)c1. The molecule has 3 rings (SSSR count). The second-order valence-electron chi connectivity index (χ2n) is 4.37. The summed E-state index contributed by atoms with van der Waals surface area (Å²) in [4.78, 5) is 4.05. The molecule has 3 aromatic rings. The topological polar surface area (TPSA) is 52.5 Å². The van der Waals surface area contributed by atoms with Crippen LogP contribution in [0, 0.1) is 0 Å². The Morgan fingerprint density at radius 1 is 1.14 bits per heavy atom. The molecule has 2 heterocycles. The van der Waals surface area contributed by atoms with E-state index in [-0.39, 0.29) is 17.3 Å². The third kappa shape index (κ3) is 2.49. The van der Waals surface area contributed by atoms with Gasteiger partial charge in [-0.1, -0.05) is 6.07 Å². The van der Waals surface area contributed by atoms with Crippen LogP contribution in [0.5, 0.6) is 11.6 Å². The zero-order valence-corrected chi connectivity index (χ0v) is 10.6. The van der Waals surface area contributed by atoms with Crippen LogP contribution in [0.3, 0.4) is 0 Å². The molecule has 0 fully saturated rings. The maximum Gasteiger partial charge on any atom is 0.420 e. The first-order chi connectivity index (χ1) is 9.95. The van der Waals surface area contributed by atoms with Crippen molar-refractivity contribution < 1.29 is 17.9 Å². The van der Waals surface area contributed by atoms with Gasteiger partial charge in [0.05, 0.1) is 0 Å². The van der Waals surface area contributed by atoms with Gasteiger partial charge < -0.3 is 10.5 Å². The molecule has 108 valence electrons. The van der Waals surface area contributed by atoms with Gasteiger partial charge in [-0.25, -0.2) is 4.98 Å². The number of ether oxygens (including phenoxy) is 1. The molecule has 4 nitrogen and oxygen atoms in total. The van der Waals surface area contributed by atoms with E-state index in [1.54, 1.807) is 28.8 Å². The molecule has 0 bridgehead atoms. The van der Waals surface area contributed by atoms with Crippen LogP contribution in [-0.4, -0.2) is 9.38 Å². The lowest BCUT2D eigenvalue weighted by Gasteiger charge is -2.15. The van der Waals surface area contributed by atoms with Crippen molar-refractivity contribution in [2.45, 2.75) is 6.18 Å². The van der Waals surface area contributed by atoms with Gasteiger partial charge in [-0.3, -0.25) is 4.40 Å². The predicted octanol–water partition coefficient (Wildman–Crippen LogP) is 3.73. The van der Waals surface area contributed by atoms with Crippen molar-refractivity contribution in [1.82, 2.24) is 9.38 Å². The number of nitrogens with two attached hydrogens (primary N) is 1. The number of benzene rings is 1. The summed E-state index contributed by atoms with van der Waals surface area (Å²) in [6, 6.07) is 8.35. The molecule has 2 aromatic heterocycles. The molecule has 0 aliphatic carbocycles. The number of pyridine rings is 1. The van der Waals surface area contributed by atoms with Crippen molar-refractivity contribution >= 4 is 11.3 Å². The highest BCUT2D eigenvalue weighted by molar-refractivity contribution is 5.51. The average molecular weight is 293 g/mol. The number of nitrogen functional groups attached to an aromatic ring is 1. The van der Waals surface area contributed by atoms with Crippen LogP contribution in [0.2, 0.25) is 0 Å². The average Bonchev–Trinajstić information content (AvgIpc) is 2.89. The van der Waals surface area contributed by atoms with E-state index in [9.17, 15) is 13.2 Å². The normalized spacial score (nSPS) is 11.8. The molecule has 0 atom stereocenters. The predicted molar refractivity (Wildman–Crippen MR) is 71.1 cm³/mol. The molecule has 0 saturated carbocycles.